The molecule has 244 valence electrons. The lowest BCUT2D eigenvalue weighted by atomic mass is 9.93. The molecule has 0 unspecified atom stereocenters. The highest BCUT2D eigenvalue weighted by atomic mass is 16.5. The molecule has 0 saturated carbocycles. The van der Waals surface area contributed by atoms with E-state index in [1.165, 1.54) is 0 Å². The zero-order valence-electron chi connectivity index (χ0n) is 27.9. The van der Waals surface area contributed by atoms with Crippen LogP contribution in [-0.4, -0.2) is 0 Å². The summed E-state index contributed by atoms with van der Waals surface area (Å²) in [7, 11) is 0. The molecule has 0 spiro atoms. The van der Waals surface area contributed by atoms with Gasteiger partial charge in [-0.25, -0.2) is 0 Å². The molecular formula is C48H34O3. The lowest BCUT2D eigenvalue weighted by Gasteiger charge is -2.21. The van der Waals surface area contributed by atoms with E-state index in [1.807, 2.05) is 97.1 Å². The van der Waals surface area contributed by atoms with Crippen LogP contribution in [0.1, 0.15) is 0 Å². The fourth-order valence-electron chi connectivity index (χ4n) is 6.33. The van der Waals surface area contributed by atoms with E-state index in [2.05, 4.69) is 109 Å². The van der Waals surface area contributed by atoms with Crippen LogP contribution in [0.3, 0.4) is 0 Å². The van der Waals surface area contributed by atoms with Crippen LogP contribution in [0.25, 0.3) is 44.5 Å². The van der Waals surface area contributed by atoms with Crippen molar-refractivity contribution in [3.8, 4) is 79.0 Å². The molecule has 0 N–H and O–H groups in total. The van der Waals surface area contributed by atoms with Crippen LogP contribution in [0.5, 0.6) is 34.5 Å². The molecule has 0 amide bonds. The quantitative estimate of drug-likeness (QED) is 0.146. The summed E-state index contributed by atoms with van der Waals surface area (Å²) < 4.78 is 20.4. The summed E-state index contributed by atoms with van der Waals surface area (Å²) in [6.45, 7) is 0. The molecule has 0 atom stereocenters. The van der Waals surface area contributed by atoms with Gasteiger partial charge in [0, 0.05) is 11.1 Å². The van der Waals surface area contributed by atoms with E-state index in [0.29, 0.717) is 34.5 Å². The Hall–Kier alpha value is -6.84. The summed E-state index contributed by atoms with van der Waals surface area (Å²) in [4.78, 5) is 0. The Morgan fingerprint density at radius 3 is 0.922 bits per heavy atom. The molecule has 51 heavy (non-hydrogen) atoms. The van der Waals surface area contributed by atoms with Crippen molar-refractivity contribution in [3.05, 3.63) is 206 Å². The molecule has 0 aliphatic heterocycles. The number of hydrogen-bond donors (Lipinski definition) is 0. The van der Waals surface area contributed by atoms with Gasteiger partial charge in [-0.05, 0) is 69.8 Å². The van der Waals surface area contributed by atoms with Crippen LogP contribution in [0.15, 0.2) is 206 Å². The third-order valence-corrected chi connectivity index (χ3v) is 8.71. The van der Waals surface area contributed by atoms with Gasteiger partial charge in [-0.2, -0.15) is 0 Å². The van der Waals surface area contributed by atoms with E-state index >= 15 is 0 Å². The minimum atomic E-state index is 0.561. The highest BCUT2D eigenvalue weighted by Gasteiger charge is 2.22. The van der Waals surface area contributed by atoms with Gasteiger partial charge in [-0.3, -0.25) is 0 Å². The first-order valence-electron chi connectivity index (χ1n) is 17.0. The second-order valence-electron chi connectivity index (χ2n) is 12.0. The first-order chi connectivity index (χ1) is 25.3. The van der Waals surface area contributed by atoms with Gasteiger partial charge in [0.2, 0.25) is 0 Å². The first-order valence-corrected chi connectivity index (χ1v) is 17.0. The number of rotatable bonds is 10. The van der Waals surface area contributed by atoms with Crippen molar-refractivity contribution in [2.45, 2.75) is 0 Å². The second kappa shape index (κ2) is 14.7. The molecular weight excluding hydrogens is 625 g/mol. The first kappa shape index (κ1) is 31.4. The second-order valence-corrected chi connectivity index (χ2v) is 12.0. The van der Waals surface area contributed by atoms with E-state index < -0.39 is 0 Å². The van der Waals surface area contributed by atoms with Gasteiger partial charge in [0.15, 0.2) is 23.0 Å². The highest BCUT2D eigenvalue weighted by Crippen LogP contribution is 2.49. The largest absolute Gasteiger partial charge is 0.453 e. The Bertz CT molecular complexity index is 2200. The van der Waals surface area contributed by atoms with Gasteiger partial charge in [-0.15, -0.1) is 0 Å². The summed E-state index contributed by atoms with van der Waals surface area (Å²) in [6, 6.07) is 69.3. The molecule has 0 heterocycles. The third kappa shape index (κ3) is 6.87. The maximum Gasteiger partial charge on any atom is 0.177 e. The van der Waals surface area contributed by atoms with E-state index in [4.69, 9.17) is 14.2 Å². The van der Waals surface area contributed by atoms with Crippen molar-refractivity contribution in [3.63, 3.8) is 0 Å². The number of para-hydroxylation sites is 4. The maximum atomic E-state index is 6.95. The van der Waals surface area contributed by atoms with E-state index in [1.54, 1.807) is 0 Å². The van der Waals surface area contributed by atoms with Gasteiger partial charge in [0.25, 0.3) is 0 Å². The fraction of sp³-hybridized carbons (Fsp3) is 0. The van der Waals surface area contributed by atoms with Crippen LogP contribution < -0.4 is 14.2 Å². The van der Waals surface area contributed by atoms with Crippen LogP contribution in [0, 0.1) is 0 Å². The number of benzene rings is 8. The van der Waals surface area contributed by atoms with Crippen LogP contribution in [-0.2, 0) is 0 Å². The predicted molar refractivity (Wildman–Crippen MR) is 208 cm³/mol. The fourth-order valence-corrected chi connectivity index (χ4v) is 6.33. The Balaban J connectivity index is 1.30. The smallest absolute Gasteiger partial charge is 0.177 e. The monoisotopic (exact) mass is 658 g/mol. The SMILES string of the molecule is c1ccc(Oc2c(Oc3cccc(-c4ccccc4-c4ccccc4)c3Oc3ccccc3)cccc2-c2ccccc2-c2ccccc2)cc1. The van der Waals surface area contributed by atoms with Gasteiger partial charge in [-0.1, -0.05) is 170 Å². The maximum absolute atomic E-state index is 6.95. The molecule has 8 aromatic rings. The Labute approximate surface area is 298 Å². The molecule has 0 aliphatic carbocycles. The van der Waals surface area contributed by atoms with Gasteiger partial charge in [0.05, 0.1) is 0 Å². The Kier molecular flexibility index (Phi) is 9.08. The van der Waals surface area contributed by atoms with Gasteiger partial charge < -0.3 is 14.2 Å². The molecule has 3 nitrogen and oxygen atoms in total. The van der Waals surface area contributed by atoms with Crippen molar-refractivity contribution in [1.29, 1.82) is 0 Å². The van der Waals surface area contributed by atoms with Gasteiger partial charge >= 0.3 is 0 Å². The highest BCUT2D eigenvalue weighted by molar-refractivity contribution is 5.89. The lowest BCUT2D eigenvalue weighted by molar-refractivity contribution is 0.395. The number of hydrogen-bond acceptors (Lipinski definition) is 3. The Morgan fingerprint density at radius 2 is 0.529 bits per heavy atom. The summed E-state index contributed by atoms with van der Waals surface area (Å²) in [6.07, 6.45) is 0. The molecule has 3 heteroatoms. The molecule has 8 aromatic carbocycles. The minimum Gasteiger partial charge on any atom is -0.453 e. The Morgan fingerprint density at radius 1 is 0.216 bits per heavy atom. The zero-order chi connectivity index (χ0) is 34.2. The summed E-state index contributed by atoms with van der Waals surface area (Å²) >= 11 is 0. The minimum absolute atomic E-state index is 0.561. The molecule has 0 bridgehead atoms. The van der Waals surface area contributed by atoms with E-state index in [-0.39, 0.29) is 0 Å². The van der Waals surface area contributed by atoms with Crippen molar-refractivity contribution in [1.82, 2.24) is 0 Å². The molecule has 0 radical (unpaired) electrons. The summed E-state index contributed by atoms with van der Waals surface area (Å²) in [5.41, 5.74) is 8.32. The number of ether oxygens (including phenoxy) is 3. The van der Waals surface area contributed by atoms with Crippen molar-refractivity contribution < 1.29 is 14.2 Å². The molecule has 0 fully saturated rings. The zero-order valence-corrected chi connectivity index (χ0v) is 27.9. The van der Waals surface area contributed by atoms with E-state index in [0.717, 1.165) is 44.5 Å². The molecule has 8 rings (SSSR count). The molecule has 0 aliphatic rings. The average Bonchev–Trinajstić information content (AvgIpc) is 3.20. The summed E-state index contributed by atoms with van der Waals surface area (Å²) in [5.74, 6) is 3.74. The van der Waals surface area contributed by atoms with Crippen LogP contribution in [0.4, 0.5) is 0 Å². The summed E-state index contributed by atoms with van der Waals surface area (Å²) in [5, 5.41) is 0. The lowest BCUT2D eigenvalue weighted by Crippen LogP contribution is -1.97. The average molecular weight is 659 g/mol. The normalized spacial score (nSPS) is 10.7. The topological polar surface area (TPSA) is 27.7 Å². The van der Waals surface area contributed by atoms with Gasteiger partial charge in [0.1, 0.15) is 11.5 Å². The standard InChI is InChI=1S/C48H34O3/c1-5-19-35(20-6-1)39-27-13-15-29-41(39)43-31-17-33-45(47(43)49-37-23-9-3-10-24-37)51-46-34-18-32-44(48(46)50-38-25-11-4-12-26-38)42-30-16-14-28-40(42)36-21-7-2-8-22-36/h1-34H. The van der Waals surface area contributed by atoms with Crippen LogP contribution >= 0.6 is 0 Å². The van der Waals surface area contributed by atoms with Crippen molar-refractivity contribution in [2.75, 3.05) is 0 Å². The third-order valence-electron chi connectivity index (χ3n) is 8.71. The van der Waals surface area contributed by atoms with Crippen LogP contribution in [0.2, 0.25) is 0 Å². The van der Waals surface area contributed by atoms with Crippen molar-refractivity contribution in [2.24, 2.45) is 0 Å². The van der Waals surface area contributed by atoms with Crippen molar-refractivity contribution >= 4 is 0 Å². The predicted octanol–water partition coefficient (Wildman–Crippen LogP) is 13.7. The molecule has 0 saturated heterocycles. The molecule has 0 aromatic heterocycles. The van der Waals surface area contributed by atoms with E-state index in [9.17, 15) is 0 Å².